The summed E-state index contributed by atoms with van der Waals surface area (Å²) in [5.41, 5.74) is 1.97. The molecule has 1 aromatic carbocycles. The fraction of sp³-hybridized carbons (Fsp3) is 0.533. The number of amides is 1. The van der Waals surface area contributed by atoms with E-state index in [1.165, 1.54) is 0 Å². The van der Waals surface area contributed by atoms with E-state index < -0.39 is 0 Å². The largest absolute Gasteiger partial charge is 0.496 e. The van der Waals surface area contributed by atoms with Crippen molar-refractivity contribution in [1.29, 1.82) is 0 Å². The molecule has 0 aliphatic heterocycles. The van der Waals surface area contributed by atoms with E-state index in [9.17, 15) is 4.79 Å². The maximum Gasteiger partial charge on any atom is 0.242 e. The molecule has 0 aliphatic carbocycles. The maximum absolute atomic E-state index is 11.8. The van der Waals surface area contributed by atoms with Gasteiger partial charge in [-0.15, -0.1) is 0 Å². The Morgan fingerprint density at radius 3 is 2.74 bits per heavy atom. The van der Waals surface area contributed by atoms with Crippen LogP contribution in [0.1, 0.15) is 32.3 Å². The lowest BCUT2D eigenvalue weighted by molar-refractivity contribution is -0.121. The molecule has 0 fully saturated rings. The average molecular weight is 264 g/mol. The molecule has 4 nitrogen and oxygen atoms in total. The summed E-state index contributed by atoms with van der Waals surface area (Å²) in [7, 11) is 1.65. The molecule has 0 spiro atoms. The molecule has 1 unspecified atom stereocenters. The van der Waals surface area contributed by atoms with Crippen molar-refractivity contribution in [3.05, 3.63) is 23.8 Å². The molecule has 106 valence electrons. The first kappa shape index (κ1) is 15.3. The van der Waals surface area contributed by atoms with Crippen molar-refractivity contribution in [3.63, 3.8) is 0 Å². The van der Waals surface area contributed by atoms with Crippen LogP contribution in [-0.2, 0) is 4.79 Å². The van der Waals surface area contributed by atoms with Crippen molar-refractivity contribution in [2.75, 3.05) is 19.0 Å². The van der Waals surface area contributed by atoms with Gasteiger partial charge in [-0.05, 0) is 44.0 Å². The second-order valence-corrected chi connectivity index (χ2v) is 4.70. The number of methoxy groups -OCH3 is 1. The van der Waals surface area contributed by atoms with Crippen molar-refractivity contribution < 1.29 is 9.53 Å². The lowest BCUT2D eigenvalue weighted by atomic mass is 10.2. The minimum atomic E-state index is -0.246. The molecule has 0 saturated carbocycles. The monoisotopic (exact) mass is 264 g/mol. The third kappa shape index (κ3) is 4.81. The number of ether oxygens (including phenoxy) is 1. The normalized spacial score (nSPS) is 11.8. The van der Waals surface area contributed by atoms with Crippen molar-refractivity contribution in [3.8, 4) is 5.75 Å². The first-order valence-electron chi connectivity index (χ1n) is 6.77. The summed E-state index contributed by atoms with van der Waals surface area (Å²) >= 11 is 0. The number of benzene rings is 1. The molecule has 0 aliphatic rings. The van der Waals surface area contributed by atoms with Gasteiger partial charge in [-0.25, -0.2) is 0 Å². The second-order valence-electron chi connectivity index (χ2n) is 4.70. The van der Waals surface area contributed by atoms with Crippen LogP contribution in [0.2, 0.25) is 0 Å². The Morgan fingerprint density at radius 2 is 2.16 bits per heavy atom. The lowest BCUT2D eigenvalue weighted by Crippen LogP contribution is -2.37. The van der Waals surface area contributed by atoms with Crippen LogP contribution in [0.3, 0.4) is 0 Å². The quantitative estimate of drug-likeness (QED) is 0.744. The number of hydrogen-bond acceptors (Lipinski definition) is 3. The molecule has 1 amide bonds. The first-order valence-corrected chi connectivity index (χ1v) is 6.77. The Balaban J connectivity index is 2.54. The van der Waals surface area contributed by atoms with E-state index in [2.05, 4.69) is 17.6 Å². The van der Waals surface area contributed by atoms with E-state index in [1.807, 2.05) is 32.0 Å². The summed E-state index contributed by atoms with van der Waals surface area (Å²) in [5, 5.41) is 6.11. The molecule has 2 N–H and O–H groups in total. The van der Waals surface area contributed by atoms with Crippen LogP contribution in [0.25, 0.3) is 0 Å². The van der Waals surface area contributed by atoms with Gasteiger partial charge in [0.2, 0.25) is 5.91 Å². The molecule has 1 atom stereocenters. The fourth-order valence-corrected chi connectivity index (χ4v) is 1.83. The fourth-order valence-electron chi connectivity index (χ4n) is 1.83. The van der Waals surface area contributed by atoms with Gasteiger partial charge in [0.05, 0.1) is 7.11 Å². The van der Waals surface area contributed by atoms with Crippen LogP contribution in [-0.4, -0.2) is 25.6 Å². The number of carbonyl (C=O) groups excluding carboxylic acids is 1. The number of anilines is 1. The van der Waals surface area contributed by atoms with Crippen molar-refractivity contribution in [2.45, 2.75) is 39.7 Å². The number of carbonyl (C=O) groups is 1. The number of nitrogens with one attached hydrogen (secondary N) is 2. The van der Waals surface area contributed by atoms with Crippen molar-refractivity contribution in [1.82, 2.24) is 5.32 Å². The number of hydrogen-bond donors (Lipinski definition) is 2. The predicted molar refractivity (Wildman–Crippen MR) is 78.7 cm³/mol. The van der Waals surface area contributed by atoms with Crippen LogP contribution < -0.4 is 15.4 Å². The second kappa shape index (κ2) is 7.67. The zero-order valence-electron chi connectivity index (χ0n) is 12.2. The molecule has 0 aromatic heterocycles. The van der Waals surface area contributed by atoms with Crippen molar-refractivity contribution >= 4 is 11.6 Å². The number of aryl methyl sites for hydroxylation is 1. The van der Waals surface area contributed by atoms with E-state index in [-0.39, 0.29) is 11.9 Å². The Hall–Kier alpha value is -1.71. The van der Waals surface area contributed by atoms with Gasteiger partial charge >= 0.3 is 0 Å². The highest BCUT2D eigenvalue weighted by Gasteiger charge is 2.12. The molecule has 19 heavy (non-hydrogen) atoms. The Kier molecular flexibility index (Phi) is 6.19. The van der Waals surface area contributed by atoms with Gasteiger partial charge < -0.3 is 15.4 Å². The van der Waals surface area contributed by atoms with E-state index in [4.69, 9.17) is 4.74 Å². The minimum Gasteiger partial charge on any atom is -0.496 e. The van der Waals surface area contributed by atoms with Gasteiger partial charge in [-0.2, -0.15) is 0 Å². The van der Waals surface area contributed by atoms with Crippen LogP contribution in [0.4, 0.5) is 5.69 Å². The van der Waals surface area contributed by atoms with E-state index in [0.29, 0.717) is 0 Å². The van der Waals surface area contributed by atoms with Crippen molar-refractivity contribution in [2.24, 2.45) is 0 Å². The Bertz CT molecular complexity index is 419. The third-order valence-electron chi connectivity index (χ3n) is 3.00. The molecule has 1 aromatic rings. The SMILES string of the molecule is CCCCNC(=O)C(C)Nc1ccc(OC)c(C)c1. The summed E-state index contributed by atoms with van der Waals surface area (Å²) < 4.78 is 5.21. The van der Waals surface area contributed by atoms with Crippen LogP contribution in [0.5, 0.6) is 5.75 Å². The highest BCUT2D eigenvalue weighted by molar-refractivity contribution is 5.84. The topological polar surface area (TPSA) is 50.4 Å². The zero-order valence-corrected chi connectivity index (χ0v) is 12.2. The predicted octanol–water partition coefficient (Wildman–Crippen LogP) is 2.72. The molecular weight excluding hydrogens is 240 g/mol. The third-order valence-corrected chi connectivity index (χ3v) is 3.00. The summed E-state index contributed by atoms with van der Waals surface area (Å²) in [6, 6.07) is 5.56. The van der Waals surface area contributed by atoms with Gasteiger partial charge in [0.1, 0.15) is 11.8 Å². The number of rotatable bonds is 7. The number of unbranched alkanes of at least 4 members (excludes halogenated alkanes) is 1. The van der Waals surface area contributed by atoms with Gasteiger partial charge in [-0.1, -0.05) is 13.3 Å². The molecule has 4 heteroatoms. The van der Waals surface area contributed by atoms with Crippen LogP contribution >= 0.6 is 0 Å². The highest BCUT2D eigenvalue weighted by Crippen LogP contribution is 2.21. The van der Waals surface area contributed by atoms with Crippen LogP contribution in [0.15, 0.2) is 18.2 Å². The van der Waals surface area contributed by atoms with E-state index >= 15 is 0 Å². The zero-order chi connectivity index (χ0) is 14.3. The standard InChI is InChI=1S/C15H24N2O2/c1-5-6-9-16-15(18)12(3)17-13-7-8-14(19-4)11(2)10-13/h7-8,10,12,17H,5-6,9H2,1-4H3,(H,16,18). The minimum absolute atomic E-state index is 0.0296. The summed E-state index contributed by atoms with van der Waals surface area (Å²) in [5.74, 6) is 0.882. The molecule has 1 rings (SSSR count). The smallest absolute Gasteiger partial charge is 0.242 e. The molecular formula is C15H24N2O2. The lowest BCUT2D eigenvalue weighted by Gasteiger charge is -2.16. The Morgan fingerprint density at radius 1 is 1.42 bits per heavy atom. The molecule has 0 saturated heterocycles. The summed E-state index contributed by atoms with van der Waals surface area (Å²) in [4.78, 5) is 11.8. The molecule has 0 radical (unpaired) electrons. The maximum atomic E-state index is 11.8. The molecule has 0 bridgehead atoms. The van der Waals surface area contributed by atoms with Gasteiger partial charge in [-0.3, -0.25) is 4.79 Å². The molecule has 0 heterocycles. The van der Waals surface area contributed by atoms with Gasteiger partial charge in [0.15, 0.2) is 0 Å². The highest BCUT2D eigenvalue weighted by atomic mass is 16.5. The Labute approximate surface area is 115 Å². The summed E-state index contributed by atoms with van der Waals surface area (Å²) in [6.45, 7) is 6.69. The van der Waals surface area contributed by atoms with Gasteiger partial charge in [0.25, 0.3) is 0 Å². The summed E-state index contributed by atoms with van der Waals surface area (Å²) in [6.07, 6.45) is 2.10. The van der Waals surface area contributed by atoms with E-state index in [1.54, 1.807) is 7.11 Å². The van der Waals surface area contributed by atoms with Gasteiger partial charge in [0, 0.05) is 12.2 Å². The van der Waals surface area contributed by atoms with Crippen LogP contribution in [0, 0.1) is 6.92 Å². The average Bonchev–Trinajstić information content (AvgIpc) is 2.39. The first-order chi connectivity index (χ1) is 9.08. The van der Waals surface area contributed by atoms with E-state index in [0.717, 1.165) is 36.4 Å².